The van der Waals surface area contributed by atoms with Gasteiger partial charge in [0.2, 0.25) is 5.91 Å². The third-order valence-corrected chi connectivity index (χ3v) is 6.70. The molecule has 32 heavy (non-hydrogen) atoms. The van der Waals surface area contributed by atoms with Crippen LogP contribution in [-0.2, 0) is 4.79 Å². The normalized spacial score (nSPS) is 18.7. The standard InChI is InChI=1S/C22H14Cl5N3O2/c23-12-7-11(8-13(24)9-12)18-19(22(18,26)27)21(32)30-15-1-2-17(25)16(10-15)20(31)29-14-3-5-28-6-4-14/h1-10,18-19H,(H,30,32)(H,28,29,31)/t18-,19+/m1/s1. The van der Waals surface area contributed by atoms with E-state index in [0.717, 1.165) is 0 Å². The third kappa shape index (κ3) is 4.82. The lowest BCUT2D eigenvalue weighted by molar-refractivity contribution is -0.117. The van der Waals surface area contributed by atoms with Gasteiger partial charge in [0.25, 0.3) is 5.91 Å². The molecular weight excluding hydrogens is 516 g/mol. The molecular formula is C22H14Cl5N3O2. The number of halogens is 5. The quantitative estimate of drug-likeness (QED) is 0.356. The van der Waals surface area contributed by atoms with E-state index in [1.54, 1.807) is 48.8 Å². The van der Waals surface area contributed by atoms with Gasteiger partial charge in [0.15, 0.2) is 0 Å². The molecule has 0 unspecified atom stereocenters. The second-order valence-corrected chi connectivity index (χ2v) is 9.93. The Kier molecular flexibility index (Phi) is 6.57. The topological polar surface area (TPSA) is 71.1 Å². The number of hydrogen-bond acceptors (Lipinski definition) is 3. The lowest BCUT2D eigenvalue weighted by Crippen LogP contribution is -2.18. The van der Waals surface area contributed by atoms with Gasteiger partial charge in [-0.15, -0.1) is 23.2 Å². The number of amides is 2. The highest BCUT2D eigenvalue weighted by atomic mass is 35.5. The van der Waals surface area contributed by atoms with E-state index >= 15 is 0 Å². The van der Waals surface area contributed by atoms with Crippen molar-refractivity contribution in [1.82, 2.24) is 4.98 Å². The molecule has 0 spiro atoms. The van der Waals surface area contributed by atoms with Crippen molar-refractivity contribution in [3.05, 3.63) is 87.1 Å². The number of hydrogen-bond donors (Lipinski definition) is 2. The Morgan fingerprint density at radius 3 is 2.16 bits per heavy atom. The fourth-order valence-corrected chi connectivity index (χ4v) is 5.03. The zero-order valence-electron chi connectivity index (χ0n) is 16.1. The Bertz CT molecular complexity index is 1180. The van der Waals surface area contributed by atoms with Crippen molar-refractivity contribution < 1.29 is 9.59 Å². The molecule has 1 saturated carbocycles. The first-order valence-corrected chi connectivity index (χ1v) is 11.2. The molecule has 0 saturated heterocycles. The fourth-order valence-electron chi connectivity index (χ4n) is 3.45. The van der Waals surface area contributed by atoms with Crippen LogP contribution in [0.15, 0.2) is 60.9 Å². The van der Waals surface area contributed by atoms with Crippen LogP contribution < -0.4 is 10.6 Å². The second-order valence-electron chi connectivity index (χ2n) is 7.21. The van der Waals surface area contributed by atoms with Crippen molar-refractivity contribution in [2.75, 3.05) is 10.6 Å². The minimum Gasteiger partial charge on any atom is -0.326 e. The van der Waals surface area contributed by atoms with Crippen LogP contribution in [0.3, 0.4) is 0 Å². The van der Waals surface area contributed by atoms with Gasteiger partial charge in [-0.3, -0.25) is 14.6 Å². The summed E-state index contributed by atoms with van der Waals surface area (Å²) in [6.07, 6.45) is 3.11. The number of nitrogens with zero attached hydrogens (tertiary/aromatic N) is 1. The van der Waals surface area contributed by atoms with Gasteiger partial charge in [0.05, 0.1) is 16.5 Å². The molecule has 1 aromatic heterocycles. The van der Waals surface area contributed by atoms with Crippen molar-refractivity contribution in [3.8, 4) is 0 Å². The summed E-state index contributed by atoms with van der Waals surface area (Å²) in [5.74, 6) is -2.05. The molecule has 164 valence electrons. The van der Waals surface area contributed by atoms with Gasteiger partial charge in [0, 0.05) is 39.7 Å². The molecule has 2 aromatic carbocycles. The molecule has 0 radical (unpaired) electrons. The fraction of sp³-hybridized carbons (Fsp3) is 0.136. The van der Waals surface area contributed by atoms with Crippen LogP contribution in [0.4, 0.5) is 11.4 Å². The minimum absolute atomic E-state index is 0.193. The van der Waals surface area contributed by atoms with Crippen LogP contribution in [0.25, 0.3) is 0 Å². The van der Waals surface area contributed by atoms with Gasteiger partial charge >= 0.3 is 0 Å². The zero-order valence-corrected chi connectivity index (χ0v) is 19.9. The van der Waals surface area contributed by atoms with Crippen LogP contribution in [-0.4, -0.2) is 21.1 Å². The Hall–Kier alpha value is -2.02. The highest BCUT2D eigenvalue weighted by molar-refractivity contribution is 6.53. The first-order chi connectivity index (χ1) is 15.2. The van der Waals surface area contributed by atoms with Crippen LogP contribution in [0.2, 0.25) is 15.1 Å². The average molecular weight is 530 g/mol. The van der Waals surface area contributed by atoms with Crippen LogP contribution in [0.5, 0.6) is 0 Å². The molecule has 2 amide bonds. The molecule has 0 aliphatic heterocycles. The highest BCUT2D eigenvalue weighted by Crippen LogP contribution is 2.65. The molecule has 1 heterocycles. The predicted molar refractivity (Wildman–Crippen MR) is 129 cm³/mol. The van der Waals surface area contributed by atoms with E-state index in [2.05, 4.69) is 15.6 Å². The molecule has 1 aliphatic rings. The second kappa shape index (κ2) is 9.08. The van der Waals surface area contributed by atoms with Gasteiger partial charge < -0.3 is 10.6 Å². The minimum atomic E-state index is -1.31. The molecule has 5 nitrogen and oxygen atoms in total. The molecule has 3 aromatic rings. The molecule has 1 fully saturated rings. The number of pyridine rings is 1. The van der Waals surface area contributed by atoms with Crippen LogP contribution in [0, 0.1) is 5.92 Å². The van der Waals surface area contributed by atoms with Gasteiger partial charge in [-0.1, -0.05) is 34.8 Å². The Morgan fingerprint density at radius 2 is 1.50 bits per heavy atom. The van der Waals surface area contributed by atoms with E-state index in [1.807, 2.05) is 0 Å². The van der Waals surface area contributed by atoms with Crippen molar-refractivity contribution in [2.24, 2.45) is 5.92 Å². The number of anilines is 2. The highest BCUT2D eigenvalue weighted by Gasteiger charge is 2.67. The summed E-state index contributed by atoms with van der Waals surface area (Å²) in [7, 11) is 0. The first-order valence-electron chi connectivity index (χ1n) is 9.32. The maximum Gasteiger partial charge on any atom is 0.257 e. The lowest BCUT2D eigenvalue weighted by atomic mass is 10.1. The number of nitrogens with one attached hydrogen (secondary N) is 2. The molecule has 4 rings (SSSR count). The first kappa shape index (κ1) is 23.1. The van der Waals surface area contributed by atoms with Gasteiger partial charge in [-0.05, 0) is 54.1 Å². The molecule has 0 bridgehead atoms. The van der Waals surface area contributed by atoms with Crippen molar-refractivity contribution >= 4 is 81.2 Å². The Labute approximate surface area is 209 Å². The number of alkyl halides is 2. The molecule has 2 N–H and O–H groups in total. The summed E-state index contributed by atoms with van der Waals surface area (Å²) >= 11 is 31.1. The number of benzene rings is 2. The Balaban J connectivity index is 1.51. The average Bonchev–Trinajstić information content (AvgIpc) is 3.31. The predicted octanol–water partition coefficient (Wildman–Crippen LogP) is 6.82. The number of carbonyl (C=O) groups excluding carboxylic acids is 2. The van der Waals surface area contributed by atoms with E-state index in [-0.39, 0.29) is 10.6 Å². The third-order valence-electron chi connectivity index (χ3n) is 5.00. The summed E-state index contributed by atoms with van der Waals surface area (Å²) in [5.41, 5.74) is 1.79. The summed E-state index contributed by atoms with van der Waals surface area (Å²) < 4.78 is -1.31. The monoisotopic (exact) mass is 527 g/mol. The van der Waals surface area contributed by atoms with Crippen molar-refractivity contribution in [3.63, 3.8) is 0 Å². The van der Waals surface area contributed by atoms with Gasteiger partial charge in [-0.2, -0.15) is 0 Å². The van der Waals surface area contributed by atoms with E-state index in [1.165, 1.54) is 12.1 Å². The zero-order chi connectivity index (χ0) is 23.0. The summed E-state index contributed by atoms with van der Waals surface area (Å²) in [5, 5.41) is 6.55. The van der Waals surface area contributed by atoms with Gasteiger partial charge in [-0.25, -0.2) is 0 Å². The van der Waals surface area contributed by atoms with E-state index < -0.39 is 28.0 Å². The van der Waals surface area contributed by atoms with Crippen molar-refractivity contribution in [1.29, 1.82) is 0 Å². The number of rotatable bonds is 5. The van der Waals surface area contributed by atoms with E-state index in [9.17, 15) is 9.59 Å². The van der Waals surface area contributed by atoms with E-state index in [0.29, 0.717) is 27.0 Å². The molecule has 1 aliphatic carbocycles. The maximum absolute atomic E-state index is 12.9. The van der Waals surface area contributed by atoms with E-state index in [4.69, 9.17) is 58.0 Å². The molecule has 10 heteroatoms. The van der Waals surface area contributed by atoms with Gasteiger partial charge in [0.1, 0.15) is 4.33 Å². The van der Waals surface area contributed by atoms with Crippen LogP contribution >= 0.6 is 58.0 Å². The number of carbonyl (C=O) groups is 2. The SMILES string of the molecule is O=C(Nc1ccncc1)c1cc(NC(=O)[C@@H]2[C@@H](c3cc(Cl)cc(Cl)c3)C2(Cl)Cl)ccc1Cl. The maximum atomic E-state index is 12.9. The summed E-state index contributed by atoms with van der Waals surface area (Å²) in [6.45, 7) is 0. The van der Waals surface area contributed by atoms with Crippen LogP contribution in [0.1, 0.15) is 21.8 Å². The number of aromatic nitrogens is 1. The molecule has 2 atom stereocenters. The van der Waals surface area contributed by atoms with Crippen molar-refractivity contribution in [2.45, 2.75) is 10.3 Å². The summed E-state index contributed by atoms with van der Waals surface area (Å²) in [4.78, 5) is 29.4. The Morgan fingerprint density at radius 1 is 0.844 bits per heavy atom. The lowest BCUT2D eigenvalue weighted by Gasteiger charge is -2.10. The summed E-state index contributed by atoms with van der Waals surface area (Å²) in [6, 6.07) is 12.8. The smallest absolute Gasteiger partial charge is 0.257 e. The largest absolute Gasteiger partial charge is 0.326 e.